The van der Waals surface area contributed by atoms with Crippen molar-refractivity contribution in [2.75, 3.05) is 5.73 Å². The number of aromatic nitrogens is 4. The monoisotopic (exact) mass is 368 g/mol. The summed E-state index contributed by atoms with van der Waals surface area (Å²) >= 11 is 0. The standard InChI is InChI=1S/C20H16N8/c1-27-20(15(12-21)13-23-27)25-24-18-17(14-8-4-2-5-9-14)26-28(19(18)22)16-10-6-3-7-11-16/h2-11,13H,22H2,1H3. The lowest BCUT2D eigenvalue weighted by Gasteiger charge is -2.02. The first-order chi connectivity index (χ1) is 13.7. The minimum atomic E-state index is 0.335. The van der Waals surface area contributed by atoms with Gasteiger partial charge in [0.05, 0.1) is 11.9 Å². The lowest BCUT2D eigenvalue weighted by molar-refractivity contribution is 0.764. The van der Waals surface area contributed by atoms with Crippen LogP contribution >= 0.6 is 0 Å². The Morgan fingerprint density at radius 3 is 2.36 bits per heavy atom. The van der Waals surface area contributed by atoms with E-state index in [1.54, 1.807) is 11.7 Å². The largest absolute Gasteiger partial charge is 0.382 e. The number of nitrogens with zero attached hydrogens (tertiary/aromatic N) is 7. The predicted octanol–water partition coefficient (Wildman–Crippen LogP) is 4.14. The van der Waals surface area contributed by atoms with Gasteiger partial charge in [0.2, 0.25) is 0 Å². The zero-order valence-electron chi connectivity index (χ0n) is 15.1. The molecule has 0 amide bonds. The average Bonchev–Trinajstić information content (AvgIpc) is 3.27. The van der Waals surface area contributed by atoms with Crippen LogP contribution in [0.4, 0.5) is 17.3 Å². The molecular formula is C20H16N8. The van der Waals surface area contributed by atoms with Crippen LogP contribution in [0.1, 0.15) is 5.56 Å². The summed E-state index contributed by atoms with van der Waals surface area (Å²) in [4.78, 5) is 0. The maximum Gasteiger partial charge on any atom is 0.190 e. The SMILES string of the molecule is Cn1ncc(C#N)c1N=Nc1c(-c2ccccc2)nn(-c2ccccc2)c1N. The fraction of sp³-hybridized carbons (Fsp3) is 0.0500. The molecule has 0 unspecified atom stereocenters. The highest BCUT2D eigenvalue weighted by molar-refractivity contribution is 5.80. The van der Waals surface area contributed by atoms with Crippen molar-refractivity contribution >= 4 is 17.3 Å². The number of benzene rings is 2. The number of aryl methyl sites for hydroxylation is 1. The minimum absolute atomic E-state index is 0.335. The van der Waals surface area contributed by atoms with Gasteiger partial charge in [-0.3, -0.25) is 0 Å². The smallest absolute Gasteiger partial charge is 0.190 e. The topological polar surface area (TPSA) is 110 Å². The first kappa shape index (κ1) is 17.2. The van der Waals surface area contributed by atoms with E-state index in [1.807, 2.05) is 60.7 Å². The molecule has 0 aliphatic rings. The zero-order chi connectivity index (χ0) is 19.5. The van der Waals surface area contributed by atoms with Gasteiger partial charge in [-0.15, -0.1) is 10.2 Å². The molecule has 2 aromatic heterocycles. The van der Waals surface area contributed by atoms with Gasteiger partial charge in [0.15, 0.2) is 17.3 Å². The van der Waals surface area contributed by atoms with Gasteiger partial charge in [-0.1, -0.05) is 48.5 Å². The third-order valence-electron chi connectivity index (χ3n) is 4.22. The summed E-state index contributed by atoms with van der Waals surface area (Å²) in [6, 6.07) is 21.3. The van der Waals surface area contributed by atoms with Crippen LogP contribution in [-0.2, 0) is 7.05 Å². The molecule has 0 spiro atoms. The molecule has 0 aliphatic carbocycles. The van der Waals surface area contributed by atoms with Crippen LogP contribution in [0.5, 0.6) is 0 Å². The van der Waals surface area contributed by atoms with Crippen LogP contribution in [0.25, 0.3) is 16.9 Å². The first-order valence-corrected chi connectivity index (χ1v) is 8.52. The molecule has 8 nitrogen and oxygen atoms in total. The maximum absolute atomic E-state index is 9.22. The van der Waals surface area contributed by atoms with Crippen LogP contribution in [0.2, 0.25) is 0 Å². The molecule has 0 saturated heterocycles. The minimum Gasteiger partial charge on any atom is -0.382 e. The van der Waals surface area contributed by atoms with Crippen molar-refractivity contribution in [1.29, 1.82) is 5.26 Å². The third kappa shape index (κ3) is 3.01. The molecule has 0 fully saturated rings. The van der Waals surface area contributed by atoms with Crippen LogP contribution < -0.4 is 5.73 Å². The van der Waals surface area contributed by atoms with E-state index in [-0.39, 0.29) is 0 Å². The number of para-hydroxylation sites is 1. The quantitative estimate of drug-likeness (QED) is 0.546. The molecule has 0 atom stereocenters. The van der Waals surface area contributed by atoms with E-state index in [2.05, 4.69) is 26.5 Å². The Bertz CT molecular complexity index is 1180. The van der Waals surface area contributed by atoms with E-state index in [9.17, 15) is 5.26 Å². The molecule has 8 heteroatoms. The van der Waals surface area contributed by atoms with Crippen LogP contribution in [0.3, 0.4) is 0 Å². The number of nitriles is 1. The van der Waals surface area contributed by atoms with E-state index in [0.29, 0.717) is 28.6 Å². The molecule has 0 saturated carbocycles. The number of azo groups is 1. The highest BCUT2D eigenvalue weighted by Gasteiger charge is 2.19. The van der Waals surface area contributed by atoms with Gasteiger partial charge in [-0.05, 0) is 12.1 Å². The van der Waals surface area contributed by atoms with E-state index in [1.165, 1.54) is 10.9 Å². The highest BCUT2D eigenvalue weighted by Crippen LogP contribution is 2.37. The van der Waals surface area contributed by atoms with Crippen molar-refractivity contribution in [2.24, 2.45) is 17.3 Å². The fourth-order valence-electron chi connectivity index (χ4n) is 2.80. The summed E-state index contributed by atoms with van der Waals surface area (Å²) in [7, 11) is 1.70. The average molecular weight is 368 g/mol. The highest BCUT2D eigenvalue weighted by atomic mass is 15.4. The van der Waals surface area contributed by atoms with Gasteiger partial charge in [0.25, 0.3) is 0 Å². The van der Waals surface area contributed by atoms with Gasteiger partial charge >= 0.3 is 0 Å². The molecule has 2 heterocycles. The summed E-state index contributed by atoms with van der Waals surface area (Å²) in [5.41, 5.74) is 9.43. The van der Waals surface area contributed by atoms with E-state index >= 15 is 0 Å². The number of anilines is 1. The normalized spacial score (nSPS) is 11.0. The number of hydrogen-bond donors (Lipinski definition) is 1. The van der Waals surface area contributed by atoms with Crippen molar-refractivity contribution in [3.8, 4) is 23.0 Å². The zero-order valence-corrected chi connectivity index (χ0v) is 15.1. The van der Waals surface area contributed by atoms with E-state index < -0.39 is 0 Å². The molecular weight excluding hydrogens is 352 g/mol. The molecule has 2 aromatic carbocycles. The first-order valence-electron chi connectivity index (χ1n) is 8.52. The van der Waals surface area contributed by atoms with Crippen molar-refractivity contribution < 1.29 is 0 Å². The molecule has 4 aromatic rings. The maximum atomic E-state index is 9.22. The Labute approximate surface area is 161 Å². The molecule has 136 valence electrons. The van der Waals surface area contributed by atoms with Crippen molar-refractivity contribution in [3.05, 3.63) is 72.4 Å². The molecule has 0 bridgehead atoms. The third-order valence-corrected chi connectivity index (χ3v) is 4.22. The second kappa shape index (κ2) is 7.17. The lowest BCUT2D eigenvalue weighted by Crippen LogP contribution is -2.01. The molecule has 0 aliphatic heterocycles. The number of nitrogens with two attached hydrogens (primary N) is 1. The Morgan fingerprint density at radius 1 is 1.00 bits per heavy atom. The molecule has 0 radical (unpaired) electrons. The van der Waals surface area contributed by atoms with Gasteiger partial charge in [-0.25, -0.2) is 9.36 Å². The van der Waals surface area contributed by atoms with E-state index in [0.717, 1.165) is 11.3 Å². The van der Waals surface area contributed by atoms with Gasteiger partial charge in [0, 0.05) is 12.6 Å². The summed E-state index contributed by atoms with van der Waals surface area (Å²) in [5.74, 6) is 0.711. The molecule has 2 N–H and O–H groups in total. The molecule has 28 heavy (non-hydrogen) atoms. The Hall–Kier alpha value is -4.25. The Kier molecular flexibility index (Phi) is 4.40. The lowest BCUT2D eigenvalue weighted by atomic mass is 10.1. The van der Waals surface area contributed by atoms with Gasteiger partial charge in [0.1, 0.15) is 17.3 Å². The fourth-order valence-corrected chi connectivity index (χ4v) is 2.80. The van der Waals surface area contributed by atoms with Gasteiger partial charge in [-0.2, -0.15) is 15.5 Å². The summed E-state index contributed by atoms with van der Waals surface area (Å²) < 4.78 is 3.12. The predicted molar refractivity (Wildman–Crippen MR) is 106 cm³/mol. The summed E-state index contributed by atoms with van der Waals surface area (Å²) in [5, 5.41) is 26.5. The second-order valence-electron chi connectivity index (χ2n) is 6.01. The van der Waals surface area contributed by atoms with Crippen molar-refractivity contribution in [3.63, 3.8) is 0 Å². The molecule has 4 rings (SSSR count). The van der Waals surface area contributed by atoms with Gasteiger partial charge < -0.3 is 5.73 Å². The van der Waals surface area contributed by atoms with Crippen LogP contribution in [0.15, 0.2) is 77.1 Å². The summed E-state index contributed by atoms with van der Waals surface area (Å²) in [6.07, 6.45) is 1.45. The number of hydrogen-bond acceptors (Lipinski definition) is 6. The van der Waals surface area contributed by atoms with Crippen molar-refractivity contribution in [2.45, 2.75) is 0 Å². The van der Waals surface area contributed by atoms with Crippen LogP contribution in [0, 0.1) is 11.3 Å². The number of nitrogen functional groups attached to an aromatic ring is 1. The Morgan fingerprint density at radius 2 is 1.68 bits per heavy atom. The van der Waals surface area contributed by atoms with Crippen molar-refractivity contribution in [1.82, 2.24) is 19.6 Å². The number of rotatable bonds is 4. The van der Waals surface area contributed by atoms with E-state index in [4.69, 9.17) is 5.73 Å². The van der Waals surface area contributed by atoms with Crippen LogP contribution in [-0.4, -0.2) is 19.6 Å². The summed E-state index contributed by atoms with van der Waals surface area (Å²) in [6.45, 7) is 0. The Balaban J connectivity index is 1.88. The second-order valence-corrected chi connectivity index (χ2v) is 6.01.